The molecule has 0 aliphatic heterocycles. The van der Waals surface area contributed by atoms with Crippen LogP contribution in [-0.2, 0) is 0 Å². The maximum absolute atomic E-state index is 4.21. The monoisotopic (exact) mass is 156 g/mol. The van der Waals surface area contributed by atoms with Crippen molar-refractivity contribution in [1.82, 2.24) is 9.97 Å². The Labute approximate surface area is 65.4 Å². The Morgan fingerprint density at radius 2 is 2.40 bits per heavy atom. The van der Waals surface area contributed by atoms with Crippen LogP contribution in [0.4, 0.5) is 0 Å². The van der Waals surface area contributed by atoms with Gasteiger partial charge in [-0.15, -0.1) is 0 Å². The molecule has 10 heavy (non-hydrogen) atoms. The van der Waals surface area contributed by atoms with Gasteiger partial charge in [-0.1, -0.05) is 0 Å². The number of rotatable bonds is 2. The molecule has 1 aromatic rings. The van der Waals surface area contributed by atoms with Gasteiger partial charge in [0.1, 0.15) is 0 Å². The minimum absolute atomic E-state index is 0.506. The van der Waals surface area contributed by atoms with Gasteiger partial charge in [-0.25, -0.2) is 4.98 Å². The zero-order valence-electron chi connectivity index (χ0n) is 6.51. The molecule has 0 aliphatic rings. The highest BCUT2D eigenvalue weighted by molar-refractivity contribution is 7.98. The third-order valence-corrected chi connectivity index (χ3v) is 2.54. The predicted octanol–water partition coefficient (Wildman–Crippen LogP) is 2.14. The number of thioether (sulfide) groups is 1. The molecule has 3 heteroatoms. The van der Waals surface area contributed by atoms with Crippen LogP contribution >= 0.6 is 11.8 Å². The molecule has 1 heterocycles. The van der Waals surface area contributed by atoms with Gasteiger partial charge in [0.15, 0.2) is 0 Å². The molecular weight excluding hydrogens is 144 g/mol. The molecule has 1 aromatic heterocycles. The molecule has 0 amide bonds. The molecule has 1 unspecified atom stereocenters. The van der Waals surface area contributed by atoms with Crippen molar-refractivity contribution in [2.45, 2.75) is 19.1 Å². The Bertz CT molecular complexity index is 207. The quantitative estimate of drug-likeness (QED) is 0.710. The molecule has 0 bridgehead atoms. The largest absolute Gasteiger partial charge is 0.348 e. The molecule has 0 spiro atoms. The van der Waals surface area contributed by atoms with E-state index in [1.54, 1.807) is 6.33 Å². The Morgan fingerprint density at radius 1 is 1.70 bits per heavy atom. The van der Waals surface area contributed by atoms with Gasteiger partial charge in [0.05, 0.1) is 12.0 Å². The molecular formula is C7H12N2S. The van der Waals surface area contributed by atoms with E-state index in [2.05, 4.69) is 30.1 Å². The Hall–Kier alpha value is -0.440. The van der Waals surface area contributed by atoms with Gasteiger partial charge in [0.2, 0.25) is 0 Å². The number of nitrogens with one attached hydrogen (secondary N) is 1. The van der Waals surface area contributed by atoms with E-state index in [1.807, 2.05) is 11.8 Å². The van der Waals surface area contributed by atoms with Crippen molar-refractivity contribution >= 4 is 11.8 Å². The molecule has 0 aromatic carbocycles. The second-order valence-corrected chi connectivity index (χ2v) is 3.47. The highest BCUT2D eigenvalue weighted by atomic mass is 32.2. The van der Waals surface area contributed by atoms with Crippen LogP contribution in [0.15, 0.2) is 6.33 Å². The van der Waals surface area contributed by atoms with Crippen LogP contribution in [0.5, 0.6) is 0 Å². The minimum atomic E-state index is 0.506. The van der Waals surface area contributed by atoms with E-state index in [0.29, 0.717) is 5.25 Å². The van der Waals surface area contributed by atoms with Crippen molar-refractivity contribution in [3.63, 3.8) is 0 Å². The van der Waals surface area contributed by atoms with Crippen molar-refractivity contribution in [2.24, 2.45) is 0 Å². The maximum Gasteiger partial charge on any atom is 0.0925 e. The second-order valence-electron chi connectivity index (χ2n) is 2.29. The summed E-state index contributed by atoms with van der Waals surface area (Å²) in [5.74, 6) is 0. The summed E-state index contributed by atoms with van der Waals surface area (Å²) in [5, 5.41) is 0.506. The number of H-pyrrole nitrogens is 1. The van der Waals surface area contributed by atoms with Crippen LogP contribution in [-0.4, -0.2) is 16.2 Å². The SMILES string of the molecule is CSC(C)c1nc[nH]c1C. The number of hydrogen-bond donors (Lipinski definition) is 1. The molecule has 1 atom stereocenters. The standard InChI is InChI=1S/C7H12N2S/c1-5-7(6(2)10-3)9-4-8-5/h4,6H,1-3H3,(H,8,9). The summed E-state index contributed by atoms with van der Waals surface area (Å²) in [6, 6.07) is 0. The number of hydrogen-bond acceptors (Lipinski definition) is 2. The number of imidazole rings is 1. The van der Waals surface area contributed by atoms with Crippen LogP contribution in [0.3, 0.4) is 0 Å². The van der Waals surface area contributed by atoms with Crippen LogP contribution in [0.25, 0.3) is 0 Å². The summed E-state index contributed by atoms with van der Waals surface area (Å²) in [4.78, 5) is 7.27. The third-order valence-electron chi connectivity index (χ3n) is 1.61. The lowest BCUT2D eigenvalue weighted by molar-refractivity contribution is 1.01. The summed E-state index contributed by atoms with van der Waals surface area (Å²) in [5.41, 5.74) is 2.36. The number of nitrogens with zero attached hydrogens (tertiary/aromatic N) is 1. The normalized spacial score (nSPS) is 13.5. The lowest BCUT2D eigenvalue weighted by Gasteiger charge is -2.04. The summed E-state index contributed by atoms with van der Waals surface area (Å²) in [6.45, 7) is 4.21. The van der Waals surface area contributed by atoms with Crippen molar-refractivity contribution in [2.75, 3.05) is 6.26 Å². The average Bonchev–Trinajstić information content (AvgIpc) is 2.34. The van der Waals surface area contributed by atoms with Crippen molar-refractivity contribution in [3.8, 4) is 0 Å². The summed E-state index contributed by atoms with van der Waals surface area (Å²) in [6.07, 6.45) is 3.84. The van der Waals surface area contributed by atoms with E-state index < -0.39 is 0 Å². The summed E-state index contributed by atoms with van der Waals surface area (Å²) >= 11 is 1.81. The topological polar surface area (TPSA) is 28.7 Å². The van der Waals surface area contributed by atoms with Gasteiger partial charge in [-0.3, -0.25) is 0 Å². The Balaban J connectivity index is 2.82. The molecule has 0 saturated heterocycles. The number of aromatic nitrogens is 2. The first-order valence-corrected chi connectivity index (χ1v) is 4.57. The summed E-state index contributed by atoms with van der Waals surface area (Å²) in [7, 11) is 0. The molecule has 56 valence electrons. The van der Waals surface area contributed by atoms with Crippen molar-refractivity contribution in [1.29, 1.82) is 0 Å². The lowest BCUT2D eigenvalue weighted by atomic mass is 10.3. The van der Waals surface area contributed by atoms with Crippen molar-refractivity contribution in [3.05, 3.63) is 17.7 Å². The molecule has 0 aliphatic carbocycles. The highest BCUT2D eigenvalue weighted by Gasteiger charge is 2.07. The molecule has 0 saturated carbocycles. The second kappa shape index (κ2) is 3.10. The molecule has 0 fully saturated rings. The van der Waals surface area contributed by atoms with E-state index in [4.69, 9.17) is 0 Å². The van der Waals surface area contributed by atoms with Gasteiger partial charge < -0.3 is 4.98 Å². The minimum Gasteiger partial charge on any atom is -0.348 e. The van der Waals surface area contributed by atoms with E-state index in [0.717, 1.165) is 0 Å². The van der Waals surface area contributed by atoms with Gasteiger partial charge >= 0.3 is 0 Å². The predicted molar refractivity (Wildman–Crippen MR) is 45.3 cm³/mol. The lowest BCUT2D eigenvalue weighted by Crippen LogP contribution is -1.89. The van der Waals surface area contributed by atoms with E-state index in [-0.39, 0.29) is 0 Å². The zero-order chi connectivity index (χ0) is 7.56. The van der Waals surface area contributed by atoms with Gasteiger partial charge in [0.25, 0.3) is 0 Å². The number of aryl methyl sites for hydroxylation is 1. The zero-order valence-corrected chi connectivity index (χ0v) is 7.33. The molecule has 2 nitrogen and oxygen atoms in total. The van der Waals surface area contributed by atoms with Gasteiger partial charge in [-0.2, -0.15) is 11.8 Å². The fourth-order valence-electron chi connectivity index (χ4n) is 0.891. The van der Waals surface area contributed by atoms with Crippen LogP contribution in [0.1, 0.15) is 23.6 Å². The highest BCUT2D eigenvalue weighted by Crippen LogP contribution is 2.25. The van der Waals surface area contributed by atoms with Crippen molar-refractivity contribution < 1.29 is 0 Å². The molecule has 1 N–H and O–H groups in total. The van der Waals surface area contributed by atoms with Crippen LogP contribution < -0.4 is 0 Å². The number of aromatic amines is 1. The molecule has 1 rings (SSSR count). The van der Waals surface area contributed by atoms with Crippen LogP contribution in [0, 0.1) is 6.92 Å². The summed E-state index contributed by atoms with van der Waals surface area (Å²) < 4.78 is 0. The van der Waals surface area contributed by atoms with Gasteiger partial charge in [-0.05, 0) is 20.1 Å². The van der Waals surface area contributed by atoms with E-state index in [9.17, 15) is 0 Å². The van der Waals surface area contributed by atoms with Crippen LogP contribution in [0.2, 0.25) is 0 Å². The van der Waals surface area contributed by atoms with E-state index >= 15 is 0 Å². The third kappa shape index (κ3) is 1.34. The first-order valence-electron chi connectivity index (χ1n) is 3.28. The fraction of sp³-hybridized carbons (Fsp3) is 0.571. The van der Waals surface area contributed by atoms with E-state index in [1.165, 1.54) is 11.4 Å². The van der Waals surface area contributed by atoms with Gasteiger partial charge in [0, 0.05) is 10.9 Å². The maximum atomic E-state index is 4.21. The Kier molecular flexibility index (Phi) is 2.38. The smallest absolute Gasteiger partial charge is 0.0925 e. The average molecular weight is 156 g/mol. The first-order chi connectivity index (χ1) is 4.75. The Morgan fingerprint density at radius 3 is 2.80 bits per heavy atom. The molecule has 0 radical (unpaired) electrons. The first kappa shape index (κ1) is 7.66. The fourth-order valence-corrected chi connectivity index (χ4v) is 1.35.